The maximum absolute atomic E-state index is 12.7. The van der Waals surface area contributed by atoms with Crippen LogP contribution in [0.4, 0.5) is 5.69 Å². The van der Waals surface area contributed by atoms with Crippen molar-refractivity contribution >= 4 is 17.2 Å². The van der Waals surface area contributed by atoms with Gasteiger partial charge in [0.15, 0.2) is 5.65 Å². The van der Waals surface area contributed by atoms with E-state index in [-0.39, 0.29) is 28.6 Å². The Bertz CT molecular complexity index is 1210. The Hall–Kier alpha value is -3.68. The molecule has 8 nitrogen and oxygen atoms in total. The molecule has 0 unspecified atom stereocenters. The lowest BCUT2D eigenvalue weighted by Gasteiger charge is -2.04. The van der Waals surface area contributed by atoms with Gasteiger partial charge >= 0.3 is 0 Å². The molecule has 0 aliphatic rings. The van der Waals surface area contributed by atoms with Gasteiger partial charge in [-0.25, -0.2) is 9.50 Å². The second kappa shape index (κ2) is 6.80. The number of hydrogen-bond acceptors (Lipinski definition) is 5. The molecular formula is C20H19N5O3. The largest absolute Gasteiger partial charge is 0.360 e. The summed E-state index contributed by atoms with van der Waals surface area (Å²) in [6.07, 6.45) is 1.46. The summed E-state index contributed by atoms with van der Waals surface area (Å²) in [5.74, 6) is 0.493. The van der Waals surface area contributed by atoms with Crippen molar-refractivity contribution < 1.29 is 9.32 Å². The number of anilines is 1. The normalized spacial score (nSPS) is 11.3. The zero-order chi connectivity index (χ0) is 19.8. The first-order chi connectivity index (χ1) is 13.4. The molecule has 2 N–H and O–H groups in total. The quantitative estimate of drug-likeness (QED) is 0.567. The van der Waals surface area contributed by atoms with Gasteiger partial charge in [0, 0.05) is 29.9 Å². The van der Waals surface area contributed by atoms with E-state index in [0.29, 0.717) is 22.8 Å². The number of H-pyrrole nitrogens is 1. The number of nitrogens with zero attached hydrogens (tertiary/aromatic N) is 3. The van der Waals surface area contributed by atoms with E-state index in [2.05, 4.69) is 20.6 Å². The highest BCUT2D eigenvalue weighted by Crippen LogP contribution is 2.22. The van der Waals surface area contributed by atoms with Crippen LogP contribution in [0.2, 0.25) is 0 Å². The minimum absolute atomic E-state index is 0.161. The van der Waals surface area contributed by atoms with E-state index < -0.39 is 0 Å². The Kier molecular flexibility index (Phi) is 4.31. The van der Waals surface area contributed by atoms with E-state index in [0.717, 1.165) is 5.56 Å². The smallest absolute Gasteiger partial charge is 0.273 e. The van der Waals surface area contributed by atoms with Crippen LogP contribution in [0.1, 0.15) is 41.4 Å². The highest BCUT2D eigenvalue weighted by Gasteiger charge is 2.18. The fourth-order valence-corrected chi connectivity index (χ4v) is 2.80. The first kappa shape index (κ1) is 17.7. The lowest BCUT2D eigenvalue weighted by Crippen LogP contribution is -2.16. The first-order valence-corrected chi connectivity index (χ1v) is 8.88. The predicted octanol–water partition coefficient (Wildman–Crippen LogP) is 3.36. The van der Waals surface area contributed by atoms with Crippen LogP contribution >= 0.6 is 0 Å². The molecule has 0 atom stereocenters. The van der Waals surface area contributed by atoms with E-state index in [9.17, 15) is 9.59 Å². The fourth-order valence-electron chi connectivity index (χ4n) is 2.80. The average molecular weight is 377 g/mol. The van der Waals surface area contributed by atoms with Crippen molar-refractivity contribution in [2.45, 2.75) is 26.7 Å². The molecule has 3 aromatic heterocycles. The van der Waals surface area contributed by atoms with Gasteiger partial charge in [0.1, 0.15) is 22.7 Å². The van der Waals surface area contributed by atoms with E-state index in [1.807, 2.05) is 45.0 Å². The van der Waals surface area contributed by atoms with Crippen LogP contribution in [0, 0.1) is 6.92 Å². The molecule has 8 heteroatoms. The van der Waals surface area contributed by atoms with Gasteiger partial charge < -0.3 is 9.84 Å². The number of nitrogens with one attached hydrogen (secondary N) is 2. The lowest BCUT2D eigenvalue weighted by atomic mass is 10.1. The molecular weight excluding hydrogens is 358 g/mol. The highest BCUT2D eigenvalue weighted by molar-refractivity contribution is 6.08. The first-order valence-electron chi connectivity index (χ1n) is 8.88. The Morgan fingerprint density at radius 1 is 1.18 bits per heavy atom. The molecule has 0 aliphatic heterocycles. The minimum atomic E-state index is -0.366. The fraction of sp³-hybridized carbons (Fsp3) is 0.200. The average Bonchev–Trinajstić information content (AvgIpc) is 3.31. The molecule has 0 spiro atoms. The number of amides is 1. The van der Waals surface area contributed by atoms with Crippen LogP contribution in [0.3, 0.4) is 0 Å². The van der Waals surface area contributed by atoms with E-state index in [1.54, 1.807) is 6.07 Å². The summed E-state index contributed by atoms with van der Waals surface area (Å²) in [5.41, 5.74) is 2.69. The van der Waals surface area contributed by atoms with Crippen LogP contribution in [0.15, 0.2) is 51.9 Å². The summed E-state index contributed by atoms with van der Waals surface area (Å²) in [6.45, 7) is 5.93. The van der Waals surface area contributed by atoms with Gasteiger partial charge in [0.05, 0.1) is 0 Å². The second-order valence-corrected chi connectivity index (χ2v) is 6.92. The topological polar surface area (TPSA) is 105 Å². The Balaban J connectivity index is 1.73. The predicted molar refractivity (Wildman–Crippen MR) is 105 cm³/mol. The summed E-state index contributed by atoms with van der Waals surface area (Å²) in [6, 6.07) is 10.5. The number of carbonyl (C=O) groups is 1. The molecule has 0 bridgehead atoms. The molecule has 28 heavy (non-hydrogen) atoms. The number of aryl methyl sites for hydroxylation is 1. The van der Waals surface area contributed by atoms with Crippen LogP contribution in [0.25, 0.3) is 17.0 Å². The molecule has 4 aromatic rings. The van der Waals surface area contributed by atoms with Crippen molar-refractivity contribution in [3.05, 3.63) is 69.8 Å². The van der Waals surface area contributed by atoms with Gasteiger partial charge in [-0.15, -0.1) is 0 Å². The van der Waals surface area contributed by atoms with Gasteiger partial charge in [0.25, 0.3) is 11.5 Å². The zero-order valence-electron chi connectivity index (χ0n) is 15.7. The standard InChI is InChI=1S/C20H19N5O3/c1-11(2)17-8-16(24-28-17)15-9-18(26)25-19(23-15)14(10-21-25)20(27)22-13-6-4-12(3)5-7-13/h4-11,21H,1-3H3,(H,22,27). The molecule has 0 radical (unpaired) electrons. The lowest BCUT2D eigenvalue weighted by molar-refractivity contribution is 0.102. The third kappa shape index (κ3) is 3.20. The van der Waals surface area contributed by atoms with Crippen LogP contribution in [0.5, 0.6) is 0 Å². The SMILES string of the molecule is Cc1ccc(NC(=O)c2c[nH]n3c(=O)cc(-c4cc(C(C)C)on4)nc23)cc1. The summed E-state index contributed by atoms with van der Waals surface area (Å²) in [7, 11) is 0. The number of benzene rings is 1. The molecule has 0 saturated heterocycles. The molecule has 4 rings (SSSR count). The van der Waals surface area contributed by atoms with Crippen LogP contribution < -0.4 is 10.9 Å². The van der Waals surface area contributed by atoms with Crippen molar-refractivity contribution in [2.75, 3.05) is 5.32 Å². The molecule has 142 valence electrons. The third-order valence-corrected chi connectivity index (χ3v) is 4.41. The maximum atomic E-state index is 12.7. The Morgan fingerprint density at radius 2 is 1.93 bits per heavy atom. The summed E-state index contributed by atoms with van der Waals surface area (Å²) >= 11 is 0. The summed E-state index contributed by atoms with van der Waals surface area (Å²) in [5, 5.41) is 9.58. The van der Waals surface area contributed by atoms with Crippen molar-refractivity contribution in [1.29, 1.82) is 0 Å². The van der Waals surface area contributed by atoms with Crippen LogP contribution in [-0.2, 0) is 0 Å². The summed E-state index contributed by atoms with van der Waals surface area (Å²) in [4.78, 5) is 29.6. The van der Waals surface area contributed by atoms with Gasteiger partial charge in [-0.2, -0.15) is 0 Å². The van der Waals surface area contributed by atoms with Gasteiger partial charge in [0.2, 0.25) is 0 Å². The molecule has 3 heterocycles. The number of aromatic amines is 1. The highest BCUT2D eigenvalue weighted by atomic mass is 16.5. The van der Waals surface area contributed by atoms with Gasteiger partial charge in [-0.3, -0.25) is 14.7 Å². The summed E-state index contributed by atoms with van der Waals surface area (Å²) < 4.78 is 6.51. The third-order valence-electron chi connectivity index (χ3n) is 4.41. The number of hydrogen-bond donors (Lipinski definition) is 2. The van der Waals surface area contributed by atoms with E-state index in [4.69, 9.17) is 4.52 Å². The number of fused-ring (bicyclic) bond motifs is 1. The van der Waals surface area contributed by atoms with Crippen molar-refractivity contribution in [2.24, 2.45) is 0 Å². The van der Waals surface area contributed by atoms with Crippen molar-refractivity contribution in [3.63, 3.8) is 0 Å². The van der Waals surface area contributed by atoms with Gasteiger partial charge in [-0.1, -0.05) is 36.7 Å². The Morgan fingerprint density at radius 3 is 2.61 bits per heavy atom. The Labute approximate surface area is 160 Å². The van der Waals surface area contributed by atoms with E-state index in [1.165, 1.54) is 16.8 Å². The second-order valence-electron chi connectivity index (χ2n) is 6.92. The molecule has 0 fully saturated rings. The molecule has 1 amide bonds. The maximum Gasteiger partial charge on any atom is 0.273 e. The molecule has 0 aliphatic carbocycles. The van der Waals surface area contributed by atoms with E-state index >= 15 is 0 Å². The van der Waals surface area contributed by atoms with Crippen molar-refractivity contribution in [1.82, 2.24) is 19.8 Å². The van der Waals surface area contributed by atoms with Crippen molar-refractivity contribution in [3.8, 4) is 11.4 Å². The number of aromatic nitrogens is 4. The number of carbonyl (C=O) groups excluding carboxylic acids is 1. The number of rotatable bonds is 4. The molecule has 0 saturated carbocycles. The monoisotopic (exact) mass is 377 g/mol. The van der Waals surface area contributed by atoms with Gasteiger partial charge in [-0.05, 0) is 19.1 Å². The molecule has 1 aromatic carbocycles. The zero-order valence-corrected chi connectivity index (χ0v) is 15.7. The minimum Gasteiger partial charge on any atom is -0.360 e. The van der Waals surface area contributed by atoms with Crippen LogP contribution in [-0.4, -0.2) is 25.7 Å².